The molecule has 1 fully saturated rings. The topological polar surface area (TPSA) is 88.5 Å². The van der Waals surface area contributed by atoms with E-state index in [2.05, 4.69) is 21.8 Å². The largest absolute Gasteiger partial charge is 0.392 e. The molecular formula is C10H15N5O2. The molecule has 0 atom stereocenters. The summed E-state index contributed by atoms with van der Waals surface area (Å²) in [5, 5.41) is 10.6. The second kappa shape index (κ2) is 4.54. The molecule has 1 aromatic rings. The van der Waals surface area contributed by atoms with Crippen LogP contribution in [0.2, 0.25) is 0 Å². The first kappa shape index (κ1) is 11.6. The van der Waals surface area contributed by atoms with Crippen LogP contribution in [0.15, 0.2) is 12.3 Å². The van der Waals surface area contributed by atoms with Crippen molar-refractivity contribution in [3.8, 4) is 0 Å². The van der Waals surface area contributed by atoms with Crippen LogP contribution in [-0.2, 0) is 0 Å². The molecule has 2 heterocycles. The first-order valence-corrected chi connectivity index (χ1v) is 5.41. The molecule has 2 N–H and O–H groups in total. The van der Waals surface area contributed by atoms with Crippen LogP contribution in [0.4, 0.5) is 17.2 Å². The van der Waals surface area contributed by atoms with E-state index in [0.717, 1.165) is 31.9 Å². The number of nitrogens with two attached hydrogens (primary N) is 1. The highest BCUT2D eigenvalue weighted by Gasteiger charge is 2.19. The van der Waals surface area contributed by atoms with E-state index in [-0.39, 0.29) is 11.5 Å². The second-order valence-electron chi connectivity index (χ2n) is 4.15. The molecule has 2 rings (SSSR count). The number of likely N-dealkylation sites (N-methyl/N-ethyl adjacent to an activating group) is 1. The molecule has 1 aliphatic rings. The lowest BCUT2D eigenvalue weighted by Gasteiger charge is -2.33. The van der Waals surface area contributed by atoms with Gasteiger partial charge in [-0.15, -0.1) is 0 Å². The molecule has 92 valence electrons. The monoisotopic (exact) mass is 237 g/mol. The third-order valence-electron chi connectivity index (χ3n) is 2.92. The fraction of sp³-hybridized carbons (Fsp3) is 0.500. The number of hydrogen-bond donors (Lipinski definition) is 1. The lowest BCUT2D eigenvalue weighted by molar-refractivity contribution is -0.388. The SMILES string of the molecule is CN1CCN(c2cnc([N+](=O)[O-])c(N)c2)CC1. The molecule has 1 aliphatic heterocycles. The minimum atomic E-state index is -0.566. The number of nitro groups is 1. The Morgan fingerprint density at radius 3 is 2.59 bits per heavy atom. The molecule has 7 nitrogen and oxygen atoms in total. The van der Waals surface area contributed by atoms with Crippen LogP contribution < -0.4 is 10.6 Å². The van der Waals surface area contributed by atoms with Gasteiger partial charge in [0, 0.05) is 26.2 Å². The van der Waals surface area contributed by atoms with Gasteiger partial charge in [0.25, 0.3) is 0 Å². The van der Waals surface area contributed by atoms with Crippen molar-refractivity contribution in [1.82, 2.24) is 9.88 Å². The van der Waals surface area contributed by atoms with Crippen LogP contribution in [-0.4, -0.2) is 48.0 Å². The summed E-state index contributed by atoms with van der Waals surface area (Å²) in [5.74, 6) is -0.275. The number of piperazine rings is 1. The zero-order valence-corrected chi connectivity index (χ0v) is 9.67. The summed E-state index contributed by atoms with van der Waals surface area (Å²) >= 11 is 0. The van der Waals surface area contributed by atoms with Crippen molar-refractivity contribution in [2.24, 2.45) is 0 Å². The van der Waals surface area contributed by atoms with Gasteiger partial charge in [0.2, 0.25) is 0 Å². The number of pyridine rings is 1. The van der Waals surface area contributed by atoms with Crippen molar-refractivity contribution in [3.05, 3.63) is 22.4 Å². The van der Waals surface area contributed by atoms with Gasteiger partial charge in [0.1, 0.15) is 5.69 Å². The number of aromatic nitrogens is 1. The third kappa shape index (κ3) is 2.44. The average molecular weight is 237 g/mol. The summed E-state index contributed by atoms with van der Waals surface area (Å²) in [7, 11) is 2.07. The first-order valence-electron chi connectivity index (χ1n) is 5.41. The molecule has 17 heavy (non-hydrogen) atoms. The van der Waals surface area contributed by atoms with Gasteiger partial charge in [-0.3, -0.25) is 0 Å². The molecule has 0 unspecified atom stereocenters. The molecule has 1 saturated heterocycles. The van der Waals surface area contributed by atoms with Crippen LogP contribution in [0.25, 0.3) is 0 Å². The van der Waals surface area contributed by atoms with Crippen molar-refractivity contribution in [2.75, 3.05) is 43.9 Å². The Morgan fingerprint density at radius 2 is 2.06 bits per heavy atom. The van der Waals surface area contributed by atoms with E-state index in [4.69, 9.17) is 5.73 Å². The van der Waals surface area contributed by atoms with E-state index in [0.29, 0.717) is 0 Å². The minimum Gasteiger partial charge on any atom is -0.392 e. The summed E-state index contributed by atoms with van der Waals surface area (Å²) < 4.78 is 0. The van der Waals surface area contributed by atoms with E-state index in [1.54, 1.807) is 6.07 Å². The Balaban J connectivity index is 2.17. The van der Waals surface area contributed by atoms with Gasteiger partial charge < -0.3 is 25.6 Å². The van der Waals surface area contributed by atoms with E-state index in [1.807, 2.05) is 0 Å². The highest BCUT2D eigenvalue weighted by molar-refractivity contribution is 5.62. The normalized spacial score (nSPS) is 17.1. The van der Waals surface area contributed by atoms with E-state index in [1.165, 1.54) is 6.20 Å². The van der Waals surface area contributed by atoms with Crippen LogP contribution in [0.3, 0.4) is 0 Å². The lowest BCUT2D eigenvalue weighted by Crippen LogP contribution is -2.44. The summed E-state index contributed by atoms with van der Waals surface area (Å²) in [6, 6.07) is 1.62. The summed E-state index contributed by atoms with van der Waals surface area (Å²) in [4.78, 5) is 18.2. The first-order chi connectivity index (χ1) is 8.08. The number of nitrogen functional groups attached to an aromatic ring is 1. The van der Waals surface area contributed by atoms with Crippen LogP contribution in [0.1, 0.15) is 0 Å². The van der Waals surface area contributed by atoms with Gasteiger partial charge in [0.15, 0.2) is 6.20 Å². The van der Waals surface area contributed by atoms with Crippen molar-refractivity contribution >= 4 is 17.2 Å². The van der Waals surface area contributed by atoms with Crippen molar-refractivity contribution in [1.29, 1.82) is 0 Å². The molecule has 7 heteroatoms. The number of nitrogens with zero attached hydrogens (tertiary/aromatic N) is 4. The van der Waals surface area contributed by atoms with Crippen molar-refractivity contribution < 1.29 is 4.92 Å². The predicted molar refractivity (Wildman–Crippen MR) is 65.0 cm³/mol. The summed E-state index contributed by atoms with van der Waals surface area (Å²) in [6.07, 6.45) is 1.51. The predicted octanol–water partition coefficient (Wildman–Crippen LogP) is 0.324. The lowest BCUT2D eigenvalue weighted by atomic mass is 10.2. The van der Waals surface area contributed by atoms with Gasteiger partial charge in [0.05, 0.1) is 5.69 Å². The van der Waals surface area contributed by atoms with E-state index < -0.39 is 4.92 Å². The molecule has 0 saturated carbocycles. The van der Waals surface area contributed by atoms with Gasteiger partial charge in [-0.1, -0.05) is 0 Å². The van der Waals surface area contributed by atoms with Crippen molar-refractivity contribution in [2.45, 2.75) is 0 Å². The van der Waals surface area contributed by atoms with Crippen molar-refractivity contribution in [3.63, 3.8) is 0 Å². The maximum absolute atomic E-state index is 10.6. The molecule has 0 bridgehead atoms. The Labute approximate surface area is 99.0 Å². The molecule has 0 radical (unpaired) electrons. The smallest absolute Gasteiger partial charge is 0.386 e. The second-order valence-corrected chi connectivity index (χ2v) is 4.15. The summed E-state index contributed by atoms with van der Waals surface area (Å²) in [5.41, 5.74) is 6.58. The van der Waals surface area contributed by atoms with Gasteiger partial charge >= 0.3 is 5.82 Å². The minimum absolute atomic E-state index is 0.117. The van der Waals surface area contributed by atoms with Crippen LogP contribution in [0.5, 0.6) is 0 Å². The van der Waals surface area contributed by atoms with E-state index >= 15 is 0 Å². The fourth-order valence-electron chi connectivity index (χ4n) is 1.85. The Kier molecular flexibility index (Phi) is 3.10. The van der Waals surface area contributed by atoms with Gasteiger partial charge in [-0.25, -0.2) is 0 Å². The summed E-state index contributed by atoms with van der Waals surface area (Å²) in [6.45, 7) is 3.71. The zero-order valence-electron chi connectivity index (χ0n) is 9.67. The number of anilines is 2. The molecule has 0 aliphatic carbocycles. The maximum Gasteiger partial charge on any atom is 0.386 e. The van der Waals surface area contributed by atoms with E-state index in [9.17, 15) is 10.1 Å². The van der Waals surface area contributed by atoms with Gasteiger partial charge in [-0.2, -0.15) is 0 Å². The fourth-order valence-corrected chi connectivity index (χ4v) is 1.85. The average Bonchev–Trinajstić information content (AvgIpc) is 2.29. The maximum atomic E-state index is 10.6. The highest BCUT2D eigenvalue weighted by atomic mass is 16.6. The van der Waals surface area contributed by atoms with Gasteiger partial charge in [-0.05, 0) is 23.0 Å². The van der Waals surface area contributed by atoms with Crippen LogP contribution >= 0.6 is 0 Å². The third-order valence-corrected chi connectivity index (χ3v) is 2.92. The highest BCUT2D eigenvalue weighted by Crippen LogP contribution is 2.24. The molecule has 0 amide bonds. The number of hydrogen-bond acceptors (Lipinski definition) is 6. The quantitative estimate of drug-likeness (QED) is 0.588. The Hall–Kier alpha value is -1.89. The van der Waals surface area contributed by atoms with Crippen LogP contribution in [0, 0.1) is 10.1 Å². The number of rotatable bonds is 2. The molecule has 1 aromatic heterocycles. The Morgan fingerprint density at radius 1 is 1.41 bits per heavy atom. The molecular weight excluding hydrogens is 222 g/mol. The molecule has 0 spiro atoms. The Bertz CT molecular complexity index is 429. The zero-order chi connectivity index (χ0) is 12.4. The standard InChI is InChI=1S/C10H15N5O2/c1-13-2-4-14(5-3-13)8-6-9(11)10(12-7-8)15(16)17/h6-7H,2-5,11H2,1H3. The molecule has 0 aromatic carbocycles.